The highest BCUT2D eigenvalue weighted by Gasteiger charge is 2.31. The molecular formula is C8H18O4. The molecule has 1 rings (SSSR count). The number of rotatable bonds is 1. The van der Waals surface area contributed by atoms with Gasteiger partial charge in [-0.2, -0.15) is 0 Å². The van der Waals surface area contributed by atoms with Crippen molar-refractivity contribution in [2.75, 3.05) is 19.8 Å². The Kier molecular flexibility index (Phi) is 5.41. The Morgan fingerprint density at radius 3 is 2.08 bits per heavy atom. The van der Waals surface area contributed by atoms with Gasteiger partial charge in [-0.25, -0.2) is 0 Å². The number of ether oxygens (including phenoxy) is 2. The molecule has 4 nitrogen and oxygen atoms in total. The van der Waals surface area contributed by atoms with Crippen molar-refractivity contribution < 1.29 is 19.7 Å². The van der Waals surface area contributed by atoms with Gasteiger partial charge in [0.05, 0.1) is 13.2 Å². The standard InChI is InChI=1S/C6H12O3.C2H6O/c1-6(2)8-4-5(3-7)9-6;1-2-3/h5,7H,3-4H2,1-2H3;3H,2H2,1H3. The van der Waals surface area contributed by atoms with Crippen molar-refractivity contribution in [2.45, 2.75) is 32.7 Å². The van der Waals surface area contributed by atoms with E-state index in [0.717, 1.165) is 0 Å². The summed E-state index contributed by atoms with van der Waals surface area (Å²) in [4.78, 5) is 0. The van der Waals surface area contributed by atoms with Crippen LogP contribution in [0.3, 0.4) is 0 Å². The average molecular weight is 178 g/mol. The molecule has 0 saturated carbocycles. The molecule has 1 unspecified atom stereocenters. The molecule has 0 spiro atoms. The van der Waals surface area contributed by atoms with E-state index in [-0.39, 0.29) is 19.3 Å². The number of hydrogen-bond donors (Lipinski definition) is 2. The van der Waals surface area contributed by atoms with Crippen LogP contribution >= 0.6 is 0 Å². The van der Waals surface area contributed by atoms with Gasteiger partial charge < -0.3 is 19.7 Å². The van der Waals surface area contributed by atoms with E-state index in [1.165, 1.54) is 0 Å². The van der Waals surface area contributed by atoms with Crippen molar-refractivity contribution in [2.24, 2.45) is 0 Å². The SMILES string of the molecule is CC1(C)OCC(CO)O1.CCO. The Labute approximate surface area is 73.1 Å². The highest BCUT2D eigenvalue weighted by Crippen LogP contribution is 2.21. The molecule has 0 radical (unpaired) electrons. The van der Waals surface area contributed by atoms with E-state index in [9.17, 15) is 0 Å². The Hall–Kier alpha value is -0.160. The van der Waals surface area contributed by atoms with Crippen LogP contribution in [0.25, 0.3) is 0 Å². The van der Waals surface area contributed by atoms with Crippen LogP contribution in [0.5, 0.6) is 0 Å². The summed E-state index contributed by atoms with van der Waals surface area (Å²) in [5.41, 5.74) is 0. The molecule has 12 heavy (non-hydrogen) atoms. The summed E-state index contributed by atoms with van der Waals surface area (Å²) in [5.74, 6) is -0.493. The quantitative estimate of drug-likeness (QED) is 0.599. The third-order valence-corrected chi connectivity index (χ3v) is 1.27. The average Bonchev–Trinajstić information content (AvgIpc) is 2.32. The summed E-state index contributed by atoms with van der Waals surface area (Å²) in [7, 11) is 0. The summed E-state index contributed by atoms with van der Waals surface area (Å²) in [6.45, 7) is 6.15. The van der Waals surface area contributed by atoms with Crippen molar-refractivity contribution in [3.8, 4) is 0 Å². The molecule has 0 bridgehead atoms. The Balaban J connectivity index is 0.000000354. The monoisotopic (exact) mass is 178 g/mol. The Bertz CT molecular complexity index is 114. The first kappa shape index (κ1) is 11.8. The zero-order chi connectivity index (χ0) is 9.61. The first-order chi connectivity index (χ1) is 5.55. The van der Waals surface area contributed by atoms with Gasteiger partial charge in [-0.1, -0.05) is 0 Å². The molecule has 0 aromatic heterocycles. The van der Waals surface area contributed by atoms with E-state index < -0.39 is 5.79 Å². The lowest BCUT2D eigenvalue weighted by Gasteiger charge is -2.15. The molecule has 1 atom stereocenters. The van der Waals surface area contributed by atoms with Crippen molar-refractivity contribution in [3.05, 3.63) is 0 Å². The van der Waals surface area contributed by atoms with E-state index in [1.54, 1.807) is 6.92 Å². The second kappa shape index (κ2) is 5.48. The fraction of sp³-hybridized carbons (Fsp3) is 1.00. The minimum Gasteiger partial charge on any atom is -0.397 e. The maximum absolute atomic E-state index is 8.59. The predicted octanol–water partition coefficient (Wildman–Crippen LogP) is 0.129. The van der Waals surface area contributed by atoms with Crippen molar-refractivity contribution in [3.63, 3.8) is 0 Å². The van der Waals surface area contributed by atoms with Gasteiger partial charge in [0.2, 0.25) is 0 Å². The second-order valence-corrected chi connectivity index (χ2v) is 2.95. The molecule has 4 heteroatoms. The summed E-state index contributed by atoms with van der Waals surface area (Å²) in [6, 6.07) is 0. The van der Waals surface area contributed by atoms with Gasteiger partial charge in [0, 0.05) is 6.61 Å². The zero-order valence-electron chi connectivity index (χ0n) is 7.91. The Morgan fingerprint density at radius 1 is 1.42 bits per heavy atom. The van der Waals surface area contributed by atoms with Crippen molar-refractivity contribution in [1.82, 2.24) is 0 Å². The third kappa shape index (κ3) is 4.66. The van der Waals surface area contributed by atoms with Gasteiger partial charge >= 0.3 is 0 Å². The fourth-order valence-electron chi connectivity index (χ4n) is 0.853. The molecule has 0 amide bonds. The van der Waals surface area contributed by atoms with Gasteiger partial charge in [0.1, 0.15) is 6.10 Å². The first-order valence-electron chi connectivity index (χ1n) is 4.09. The van der Waals surface area contributed by atoms with Crippen molar-refractivity contribution >= 4 is 0 Å². The molecule has 1 saturated heterocycles. The normalized spacial score (nSPS) is 26.2. The molecule has 74 valence electrons. The van der Waals surface area contributed by atoms with Crippen LogP contribution in [0, 0.1) is 0 Å². The fourth-order valence-corrected chi connectivity index (χ4v) is 0.853. The molecule has 0 aliphatic carbocycles. The van der Waals surface area contributed by atoms with E-state index >= 15 is 0 Å². The number of aliphatic hydroxyl groups is 2. The minimum absolute atomic E-state index is 0.0451. The van der Waals surface area contributed by atoms with Gasteiger partial charge in [-0.3, -0.25) is 0 Å². The largest absolute Gasteiger partial charge is 0.397 e. The predicted molar refractivity (Wildman–Crippen MR) is 44.7 cm³/mol. The lowest BCUT2D eigenvalue weighted by atomic mass is 10.4. The summed E-state index contributed by atoms with van der Waals surface area (Å²) in [5, 5.41) is 16.2. The van der Waals surface area contributed by atoms with Gasteiger partial charge in [0.15, 0.2) is 5.79 Å². The molecule has 2 N–H and O–H groups in total. The molecular weight excluding hydrogens is 160 g/mol. The highest BCUT2D eigenvalue weighted by molar-refractivity contribution is 4.69. The molecule has 1 aliphatic heterocycles. The molecule has 1 heterocycles. The van der Waals surface area contributed by atoms with Gasteiger partial charge in [-0.15, -0.1) is 0 Å². The maximum atomic E-state index is 8.59. The lowest BCUT2D eigenvalue weighted by molar-refractivity contribution is -0.142. The van der Waals surface area contributed by atoms with E-state index in [2.05, 4.69) is 0 Å². The molecule has 1 aliphatic rings. The van der Waals surface area contributed by atoms with Crippen molar-refractivity contribution in [1.29, 1.82) is 0 Å². The summed E-state index contributed by atoms with van der Waals surface area (Å²) < 4.78 is 10.4. The van der Waals surface area contributed by atoms with E-state index in [0.29, 0.717) is 6.61 Å². The summed E-state index contributed by atoms with van der Waals surface area (Å²) in [6.07, 6.45) is -0.125. The topological polar surface area (TPSA) is 58.9 Å². The van der Waals surface area contributed by atoms with Gasteiger partial charge in [-0.05, 0) is 20.8 Å². The number of aliphatic hydroxyl groups excluding tert-OH is 2. The molecule has 0 aromatic carbocycles. The van der Waals surface area contributed by atoms with Crippen LogP contribution in [0.15, 0.2) is 0 Å². The van der Waals surface area contributed by atoms with E-state index in [1.807, 2.05) is 13.8 Å². The van der Waals surface area contributed by atoms with Crippen LogP contribution in [0.2, 0.25) is 0 Å². The molecule has 1 fully saturated rings. The maximum Gasteiger partial charge on any atom is 0.163 e. The number of hydrogen-bond acceptors (Lipinski definition) is 4. The Morgan fingerprint density at radius 2 is 1.92 bits per heavy atom. The molecule has 0 aromatic rings. The van der Waals surface area contributed by atoms with E-state index in [4.69, 9.17) is 19.7 Å². The lowest BCUT2D eigenvalue weighted by Crippen LogP contribution is -2.22. The third-order valence-electron chi connectivity index (χ3n) is 1.27. The summed E-state index contributed by atoms with van der Waals surface area (Å²) >= 11 is 0. The minimum atomic E-state index is -0.493. The zero-order valence-corrected chi connectivity index (χ0v) is 7.91. The van der Waals surface area contributed by atoms with Crippen LogP contribution < -0.4 is 0 Å². The van der Waals surface area contributed by atoms with Crippen LogP contribution in [0.1, 0.15) is 20.8 Å². The highest BCUT2D eigenvalue weighted by atomic mass is 16.7. The van der Waals surface area contributed by atoms with Gasteiger partial charge in [0.25, 0.3) is 0 Å². The first-order valence-corrected chi connectivity index (χ1v) is 4.09. The van der Waals surface area contributed by atoms with Crippen LogP contribution in [-0.2, 0) is 9.47 Å². The van der Waals surface area contributed by atoms with Crippen LogP contribution in [-0.4, -0.2) is 41.9 Å². The van der Waals surface area contributed by atoms with Crippen LogP contribution in [0.4, 0.5) is 0 Å². The second-order valence-electron chi connectivity index (χ2n) is 2.95. The smallest absolute Gasteiger partial charge is 0.163 e.